The molecular formula is C20H27N3O. The Morgan fingerprint density at radius 3 is 2.54 bits per heavy atom. The zero-order valence-electron chi connectivity index (χ0n) is 15.0. The first-order valence-corrected chi connectivity index (χ1v) is 8.58. The minimum absolute atomic E-state index is 0.134. The van der Waals surface area contributed by atoms with E-state index in [1.807, 2.05) is 37.4 Å². The van der Waals surface area contributed by atoms with Crippen molar-refractivity contribution in [2.24, 2.45) is 0 Å². The maximum Gasteiger partial charge on any atom is 0.257 e. The highest BCUT2D eigenvalue weighted by Crippen LogP contribution is 2.19. The van der Waals surface area contributed by atoms with Gasteiger partial charge in [-0.2, -0.15) is 0 Å². The molecule has 4 nitrogen and oxygen atoms in total. The third-order valence-electron chi connectivity index (χ3n) is 4.11. The number of hydrogen-bond donors (Lipinski definition) is 1. The lowest BCUT2D eigenvalue weighted by atomic mass is 10.0. The second-order valence-electron chi connectivity index (χ2n) is 6.44. The average Bonchev–Trinajstić information content (AvgIpc) is 2.60. The summed E-state index contributed by atoms with van der Waals surface area (Å²) in [7, 11) is 2.03. The minimum atomic E-state index is -0.134. The number of carbonyl (C=O) groups excluding carboxylic acids is 1. The molecule has 1 heterocycles. The first kappa shape index (κ1) is 18.0. The van der Waals surface area contributed by atoms with Crippen molar-refractivity contribution >= 4 is 17.3 Å². The number of nitrogens with zero attached hydrogens (tertiary/aromatic N) is 2. The van der Waals surface area contributed by atoms with Crippen LogP contribution in [0.25, 0.3) is 0 Å². The van der Waals surface area contributed by atoms with E-state index in [-0.39, 0.29) is 5.91 Å². The van der Waals surface area contributed by atoms with E-state index in [9.17, 15) is 4.79 Å². The van der Waals surface area contributed by atoms with E-state index in [1.54, 1.807) is 12.4 Å². The van der Waals surface area contributed by atoms with Crippen LogP contribution in [-0.2, 0) is 0 Å². The normalized spacial score (nSPS) is 10.7. The highest BCUT2D eigenvalue weighted by atomic mass is 16.1. The predicted octanol–water partition coefficient (Wildman–Crippen LogP) is 4.69. The molecule has 128 valence electrons. The summed E-state index contributed by atoms with van der Waals surface area (Å²) >= 11 is 0. The van der Waals surface area contributed by atoms with Crippen LogP contribution in [0.4, 0.5) is 11.4 Å². The molecule has 0 unspecified atom stereocenters. The maximum atomic E-state index is 12.5. The summed E-state index contributed by atoms with van der Waals surface area (Å²) in [5.74, 6) is 0.347. The summed E-state index contributed by atoms with van der Waals surface area (Å²) in [5, 5.41) is 2.94. The number of amides is 1. The Hall–Kier alpha value is -2.36. The fourth-order valence-electron chi connectivity index (χ4n) is 2.44. The van der Waals surface area contributed by atoms with Crippen LogP contribution in [0.15, 0.2) is 42.7 Å². The molecule has 0 fully saturated rings. The molecule has 24 heavy (non-hydrogen) atoms. The van der Waals surface area contributed by atoms with E-state index >= 15 is 0 Å². The molecule has 0 atom stereocenters. The molecule has 0 saturated carbocycles. The number of nitrogens with one attached hydrogen (secondary N) is 1. The number of aromatic nitrogens is 1. The Bertz CT molecular complexity index is 665. The molecule has 0 aliphatic heterocycles. The number of hydrogen-bond acceptors (Lipinski definition) is 3. The molecule has 0 spiro atoms. The van der Waals surface area contributed by atoms with Crippen molar-refractivity contribution in [2.45, 2.75) is 39.5 Å². The SMILES string of the molecule is CCCCN(C)c1cncc(C(=O)Nc2ccc(C(C)C)cc2)c1. The van der Waals surface area contributed by atoms with Crippen LogP contribution in [0.2, 0.25) is 0 Å². The van der Waals surface area contributed by atoms with Crippen LogP contribution in [0.3, 0.4) is 0 Å². The Morgan fingerprint density at radius 1 is 1.21 bits per heavy atom. The Kier molecular flexibility index (Phi) is 6.36. The summed E-state index contributed by atoms with van der Waals surface area (Å²) < 4.78 is 0. The first-order chi connectivity index (χ1) is 11.5. The fraction of sp³-hybridized carbons (Fsp3) is 0.400. The highest BCUT2D eigenvalue weighted by Gasteiger charge is 2.10. The molecule has 1 N–H and O–H groups in total. The monoisotopic (exact) mass is 325 g/mol. The van der Waals surface area contributed by atoms with Crippen molar-refractivity contribution in [3.05, 3.63) is 53.9 Å². The van der Waals surface area contributed by atoms with E-state index < -0.39 is 0 Å². The second kappa shape index (κ2) is 8.48. The van der Waals surface area contributed by atoms with E-state index in [2.05, 4.69) is 36.0 Å². The van der Waals surface area contributed by atoms with Crippen LogP contribution >= 0.6 is 0 Å². The van der Waals surface area contributed by atoms with Crippen LogP contribution in [0, 0.1) is 0 Å². The Morgan fingerprint density at radius 2 is 1.92 bits per heavy atom. The average molecular weight is 325 g/mol. The third-order valence-corrected chi connectivity index (χ3v) is 4.11. The Balaban J connectivity index is 2.06. The number of benzene rings is 1. The summed E-state index contributed by atoms with van der Waals surface area (Å²) in [6.45, 7) is 7.43. The molecule has 1 aromatic heterocycles. The van der Waals surface area contributed by atoms with Gasteiger partial charge in [-0.05, 0) is 36.1 Å². The predicted molar refractivity (Wildman–Crippen MR) is 101 cm³/mol. The van der Waals surface area contributed by atoms with Gasteiger partial charge in [0.25, 0.3) is 5.91 Å². The quantitative estimate of drug-likeness (QED) is 0.803. The zero-order valence-corrected chi connectivity index (χ0v) is 15.0. The topological polar surface area (TPSA) is 45.2 Å². The van der Waals surface area contributed by atoms with Gasteiger partial charge in [-0.3, -0.25) is 9.78 Å². The minimum Gasteiger partial charge on any atom is -0.373 e. The molecular weight excluding hydrogens is 298 g/mol. The summed E-state index contributed by atoms with van der Waals surface area (Å²) in [4.78, 5) is 18.8. The summed E-state index contributed by atoms with van der Waals surface area (Å²) in [5.41, 5.74) is 3.60. The Labute approximate surface area is 144 Å². The van der Waals surface area contributed by atoms with E-state index in [1.165, 1.54) is 5.56 Å². The molecule has 0 aliphatic rings. The van der Waals surface area contributed by atoms with Gasteiger partial charge in [-0.1, -0.05) is 39.3 Å². The second-order valence-corrected chi connectivity index (χ2v) is 6.44. The number of unbranched alkanes of at least 4 members (excludes halogenated alkanes) is 1. The lowest BCUT2D eigenvalue weighted by Gasteiger charge is -2.19. The van der Waals surface area contributed by atoms with Crippen molar-refractivity contribution < 1.29 is 4.79 Å². The number of carbonyl (C=O) groups is 1. The molecule has 1 amide bonds. The van der Waals surface area contributed by atoms with Crippen molar-refractivity contribution in [3.63, 3.8) is 0 Å². The van der Waals surface area contributed by atoms with Crippen LogP contribution < -0.4 is 10.2 Å². The van der Waals surface area contributed by atoms with Gasteiger partial charge in [-0.15, -0.1) is 0 Å². The summed E-state index contributed by atoms with van der Waals surface area (Å²) in [6.07, 6.45) is 5.66. The van der Waals surface area contributed by atoms with Crippen molar-refractivity contribution in [3.8, 4) is 0 Å². The molecule has 0 aliphatic carbocycles. The summed E-state index contributed by atoms with van der Waals surface area (Å²) in [6, 6.07) is 9.87. The van der Waals surface area contributed by atoms with E-state index in [4.69, 9.17) is 0 Å². The van der Waals surface area contributed by atoms with Crippen LogP contribution in [0.1, 0.15) is 55.5 Å². The van der Waals surface area contributed by atoms with Gasteiger partial charge < -0.3 is 10.2 Å². The molecule has 1 aromatic carbocycles. The highest BCUT2D eigenvalue weighted by molar-refractivity contribution is 6.04. The third kappa shape index (κ3) is 4.82. The zero-order chi connectivity index (χ0) is 17.5. The van der Waals surface area contributed by atoms with Gasteiger partial charge in [0.15, 0.2) is 0 Å². The molecule has 0 radical (unpaired) electrons. The van der Waals surface area contributed by atoms with Gasteiger partial charge in [0.1, 0.15) is 0 Å². The number of anilines is 2. The standard InChI is InChI=1S/C20H27N3O/c1-5-6-11-23(4)19-12-17(13-21-14-19)20(24)22-18-9-7-16(8-10-18)15(2)3/h7-10,12-15H,5-6,11H2,1-4H3,(H,22,24). The number of rotatable bonds is 7. The van der Waals surface area contributed by atoms with Crippen molar-refractivity contribution in [1.82, 2.24) is 4.98 Å². The lowest BCUT2D eigenvalue weighted by Crippen LogP contribution is -2.19. The van der Waals surface area contributed by atoms with Crippen LogP contribution in [-0.4, -0.2) is 24.5 Å². The van der Waals surface area contributed by atoms with Gasteiger partial charge in [0.2, 0.25) is 0 Å². The largest absolute Gasteiger partial charge is 0.373 e. The van der Waals surface area contributed by atoms with Crippen molar-refractivity contribution in [1.29, 1.82) is 0 Å². The van der Waals surface area contributed by atoms with E-state index in [0.717, 1.165) is 30.8 Å². The first-order valence-electron chi connectivity index (χ1n) is 8.58. The van der Waals surface area contributed by atoms with Crippen LogP contribution in [0.5, 0.6) is 0 Å². The molecule has 2 aromatic rings. The molecule has 4 heteroatoms. The molecule has 0 saturated heterocycles. The van der Waals surface area contributed by atoms with Gasteiger partial charge in [-0.25, -0.2) is 0 Å². The maximum absolute atomic E-state index is 12.5. The fourth-order valence-corrected chi connectivity index (χ4v) is 2.44. The smallest absolute Gasteiger partial charge is 0.257 e. The van der Waals surface area contributed by atoms with Gasteiger partial charge in [0.05, 0.1) is 17.4 Å². The van der Waals surface area contributed by atoms with Gasteiger partial charge >= 0.3 is 0 Å². The lowest BCUT2D eigenvalue weighted by molar-refractivity contribution is 0.102. The van der Waals surface area contributed by atoms with Crippen molar-refractivity contribution in [2.75, 3.05) is 23.8 Å². The molecule has 2 rings (SSSR count). The van der Waals surface area contributed by atoms with Gasteiger partial charge in [0, 0.05) is 25.5 Å². The van der Waals surface area contributed by atoms with E-state index in [0.29, 0.717) is 11.5 Å². The molecule has 0 bridgehead atoms. The number of pyridine rings is 1.